The molecule has 6 nitrogen and oxygen atoms in total. The van der Waals surface area contributed by atoms with Crippen molar-refractivity contribution in [2.75, 3.05) is 25.5 Å². The number of nitrogens with zero attached hydrogens (tertiary/aromatic N) is 2. The van der Waals surface area contributed by atoms with E-state index in [4.69, 9.17) is 11.6 Å². The molecule has 2 aliphatic heterocycles. The van der Waals surface area contributed by atoms with E-state index in [9.17, 15) is 14.4 Å². The van der Waals surface area contributed by atoms with Crippen molar-refractivity contribution in [3.8, 4) is 0 Å². The molecular formula is C17H28ClN3O3. The maximum Gasteiger partial charge on any atom is 0.225 e. The average molecular weight is 358 g/mol. The van der Waals surface area contributed by atoms with E-state index in [0.29, 0.717) is 31.9 Å². The zero-order valence-corrected chi connectivity index (χ0v) is 15.6. The van der Waals surface area contributed by atoms with Crippen LogP contribution in [0.1, 0.15) is 46.5 Å². The molecule has 1 N–H and O–H groups in total. The molecule has 0 aromatic rings. The van der Waals surface area contributed by atoms with Gasteiger partial charge in [0.25, 0.3) is 0 Å². The Labute approximate surface area is 148 Å². The highest BCUT2D eigenvalue weighted by Crippen LogP contribution is 2.26. The molecule has 0 saturated carbocycles. The van der Waals surface area contributed by atoms with Gasteiger partial charge in [-0.3, -0.25) is 14.4 Å². The third kappa shape index (κ3) is 4.62. The highest BCUT2D eigenvalue weighted by molar-refractivity contribution is 6.18. The van der Waals surface area contributed by atoms with Crippen LogP contribution in [-0.4, -0.2) is 64.6 Å². The van der Waals surface area contributed by atoms with Crippen molar-refractivity contribution < 1.29 is 14.4 Å². The van der Waals surface area contributed by atoms with Gasteiger partial charge < -0.3 is 15.1 Å². The van der Waals surface area contributed by atoms with Gasteiger partial charge in [-0.15, -0.1) is 11.6 Å². The summed E-state index contributed by atoms with van der Waals surface area (Å²) in [6.45, 7) is 7.74. The van der Waals surface area contributed by atoms with Crippen molar-refractivity contribution >= 4 is 29.3 Å². The fraction of sp³-hybridized carbons (Fsp3) is 0.824. The second-order valence-corrected chi connectivity index (χ2v) is 8.06. The first-order valence-corrected chi connectivity index (χ1v) is 9.20. The number of nitrogens with one attached hydrogen (secondary N) is 1. The summed E-state index contributed by atoms with van der Waals surface area (Å²) in [7, 11) is 0. The topological polar surface area (TPSA) is 69.7 Å². The van der Waals surface area contributed by atoms with Crippen molar-refractivity contribution in [3.05, 3.63) is 0 Å². The molecule has 1 atom stereocenters. The molecule has 0 spiro atoms. The SMILES string of the molecule is CC(C)(C)N1CC(C(=O)NC2CCN(C(=O)CCCl)CC2)CC1=O. The van der Waals surface area contributed by atoms with Crippen LogP contribution >= 0.6 is 11.6 Å². The second kappa shape index (κ2) is 7.72. The molecule has 1 unspecified atom stereocenters. The summed E-state index contributed by atoms with van der Waals surface area (Å²) < 4.78 is 0. The molecule has 2 fully saturated rings. The van der Waals surface area contributed by atoms with Gasteiger partial charge in [-0.2, -0.15) is 0 Å². The zero-order chi connectivity index (χ0) is 17.9. The maximum atomic E-state index is 12.5. The number of alkyl halides is 1. The Morgan fingerprint density at radius 2 is 1.88 bits per heavy atom. The number of piperidine rings is 1. The molecule has 3 amide bonds. The standard InChI is InChI=1S/C17H28ClN3O3/c1-17(2,3)21-11-12(10-15(21)23)16(24)19-13-5-8-20(9-6-13)14(22)4-7-18/h12-13H,4-11H2,1-3H3,(H,19,24). The molecule has 2 saturated heterocycles. The van der Waals surface area contributed by atoms with Crippen LogP contribution in [0, 0.1) is 5.92 Å². The normalized spacial score (nSPS) is 22.8. The number of rotatable bonds is 4. The third-order valence-electron chi connectivity index (χ3n) is 4.81. The summed E-state index contributed by atoms with van der Waals surface area (Å²) in [5.74, 6) is 0.157. The molecule has 2 heterocycles. The summed E-state index contributed by atoms with van der Waals surface area (Å²) in [5.41, 5.74) is -0.250. The molecule has 0 aromatic heterocycles. The predicted molar refractivity (Wildman–Crippen MR) is 92.7 cm³/mol. The number of carbonyl (C=O) groups excluding carboxylic acids is 3. The lowest BCUT2D eigenvalue weighted by Crippen LogP contribution is -2.48. The number of likely N-dealkylation sites (tertiary alicyclic amines) is 2. The van der Waals surface area contributed by atoms with Gasteiger partial charge in [-0.05, 0) is 33.6 Å². The van der Waals surface area contributed by atoms with Crippen molar-refractivity contribution in [2.24, 2.45) is 5.92 Å². The van der Waals surface area contributed by atoms with E-state index < -0.39 is 0 Å². The van der Waals surface area contributed by atoms with E-state index in [2.05, 4.69) is 5.32 Å². The first kappa shape index (κ1) is 19.0. The van der Waals surface area contributed by atoms with Crippen LogP contribution in [0.15, 0.2) is 0 Å². The Kier molecular flexibility index (Phi) is 6.12. The van der Waals surface area contributed by atoms with Crippen LogP contribution in [0.2, 0.25) is 0 Å². The fourth-order valence-electron chi connectivity index (χ4n) is 3.36. The van der Waals surface area contributed by atoms with E-state index in [-0.39, 0.29) is 41.6 Å². The lowest BCUT2D eigenvalue weighted by atomic mass is 10.0. The van der Waals surface area contributed by atoms with Gasteiger partial charge >= 0.3 is 0 Å². The average Bonchev–Trinajstić information content (AvgIpc) is 2.90. The van der Waals surface area contributed by atoms with E-state index in [1.165, 1.54) is 0 Å². The highest BCUT2D eigenvalue weighted by Gasteiger charge is 2.40. The third-order valence-corrected chi connectivity index (χ3v) is 5.00. The largest absolute Gasteiger partial charge is 0.353 e. The summed E-state index contributed by atoms with van der Waals surface area (Å²) in [5, 5.41) is 3.06. The minimum atomic E-state index is -0.271. The van der Waals surface area contributed by atoms with Gasteiger partial charge in [0, 0.05) is 49.9 Å². The minimum absolute atomic E-state index is 0.0411. The number of hydrogen-bond donors (Lipinski definition) is 1. The van der Waals surface area contributed by atoms with Gasteiger partial charge in [0.2, 0.25) is 17.7 Å². The Morgan fingerprint density at radius 1 is 1.25 bits per heavy atom. The smallest absolute Gasteiger partial charge is 0.225 e. The minimum Gasteiger partial charge on any atom is -0.353 e. The Morgan fingerprint density at radius 3 is 2.38 bits per heavy atom. The highest BCUT2D eigenvalue weighted by atomic mass is 35.5. The van der Waals surface area contributed by atoms with Crippen molar-refractivity contribution in [1.29, 1.82) is 0 Å². The van der Waals surface area contributed by atoms with Crippen molar-refractivity contribution in [1.82, 2.24) is 15.1 Å². The summed E-state index contributed by atoms with van der Waals surface area (Å²) >= 11 is 5.61. The quantitative estimate of drug-likeness (QED) is 0.772. The molecule has 7 heteroatoms. The molecule has 0 aliphatic carbocycles. The van der Waals surface area contributed by atoms with Crippen LogP contribution in [0.4, 0.5) is 0 Å². The Balaban J connectivity index is 1.80. The van der Waals surface area contributed by atoms with Crippen LogP contribution < -0.4 is 5.32 Å². The second-order valence-electron chi connectivity index (χ2n) is 7.68. The van der Waals surface area contributed by atoms with E-state index in [1.807, 2.05) is 25.7 Å². The van der Waals surface area contributed by atoms with Crippen LogP contribution in [0.3, 0.4) is 0 Å². The molecule has 2 rings (SSSR count). The zero-order valence-electron chi connectivity index (χ0n) is 14.8. The maximum absolute atomic E-state index is 12.5. The van der Waals surface area contributed by atoms with Crippen LogP contribution in [0.5, 0.6) is 0 Å². The summed E-state index contributed by atoms with van der Waals surface area (Å²) in [6, 6.07) is 0.0799. The van der Waals surface area contributed by atoms with Gasteiger partial charge in [-0.25, -0.2) is 0 Å². The Hall–Kier alpha value is -1.30. The molecule has 0 bridgehead atoms. The van der Waals surface area contributed by atoms with Crippen LogP contribution in [0.25, 0.3) is 0 Å². The first-order valence-electron chi connectivity index (χ1n) is 8.67. The van der Waals surface area contributed by atoms with E-state index >= 15 is 0 Å². The molecule has 2 aliphatic rings. The monoisotopic (exact) mass is 357 g/mol. The molecule has 24 heavy (non-hydrogen) atoms. The number of carbonyl (C=O) groups is 3. The summed E-state index contributed by atoms with van der Waals surface area (Å²) in [6.07, 6.45) is 2.16. The first-order chi connectivity index (χ1) is 11.2. The number of amides is 3. The van der Waals surface area contributed by atoms with Crippen LogP contribution in [-0.2, 0) is 14.4 Å². The fourth-order valence-corrected chi connectivity index (χ4v) is 3.52. The van der Waals surface area contributed by atoms with Gasteiger partial charge in [0.1, 0.15) is 0 Å². The van der Waals surface area contributed by atoms with E-state index in [1.54, 1.807) is 4.90 Å². The number of hydrogen-bond acceptors (Lipinski definition) is 3. The summed E-state index contributed by atoms with van der Waals surface area (Å²) in [4.78, 5) is 40.0. The molecule has 0 aromatic carbocycles. The number of halogens is 1. The molecular weight excluding hydrogens is 330 g/mol. The van der Waals surface area contributed by atoms with Crippen molar-refractivity contribution in [3.63, 3.8) is 0 Å². The van der Waals surface area contributed by atoms with Gasteiger partial charge in [0.15, 0.2) is 0 Å². The van der Waals surface area contributed by atoms with Gasteiger partial charge in [0.05, 0.1) is 5.92 Å². The lowest BCUT2D eigenvalue weighted by molar-refractivity contribution is -0.133. The van der Waals surface area contributed by atoms with E-state index in [0.717, 1.165) is 12.8 Å². The molecule has 136 valence electrons. The molecule has 0 radical (unpaired) electrons. The predicted octanol–water partition coefficient (Wildman–Crippen LogP) is 1.37. The van der Waals surface area contributed by atoms with Crippen molar-refractivity contribution in [2.45, 2.75) is 58.0 Å². The lowest BCUT2D eigenvalue weighted by Gasteiger charge is -2.33. The Bertz CT molecular complexity index is 496. The van der Waals surface area contributed by atoms with Gasteiger partial charge in [-0.1, -0.05) is 0 Å².